The Hall–Kier alpha value is -3.07. The summed E-state index contributed by atoms with van der Waals surface area (Å²) in [6, 6.07) is 5.61. The maximum Gasteiger partial charge on any atom is 0.257 e. The molecule has 9 heteroatoms. The van der Waals surface area contributed by atoms with Crippen molar-refractivity contribution in [3.8, 4) is 5.82 Å². The highest BCUT2D eigenvalue weighted by Crippen LogP contribution is 2.31. The van der Waals surface area contributed by atoms with Gasteiger partial charge in [0.1, 0.15) is 0 Å². The van der Waals surface area contributed by atoms with E-state index in [0.717, 1.165) is 17.8 Å². The molecule has 27 heavy (non-hydrogen) atoms. The van der Waals surface area contributed by atoms with Gasteiger partial charge in [-0.1, -0.05) is 11.3 Å². The average Bonchev–Trinajstić information content (AvgIpc) is 3.34. The lowest BCUT2D eigenvalue weighted by atomic mass is 9.99. The van der Waals surface area contributed by atoms with Crippen LogP contribution in [0.15, 0.2) is 36.8 Å². The number of hydrogen-bond donors (Lipinski definition) is 0. The number of hydrogen-bond acceptors (Lipinski definition) is 6. The van der Waals surface area contributed by atoms with Gasteiger partial charge in [0, 0.05) is 19.3 Å². The maximum atomic E-state index is 13.2. The van der Waals surface area contributed by atoms with Crippen LogP contribution in [0.5, 0.6) is 0 Å². The molecule has 138 valence electrons. The molecule has 5 heterocycles. The number of pyridine rings is 1. The zero-order valence-corrected chi connectivity index (χ0v) is 14.9. The Labute approximate surface area is 155 Å². The summed E-state index contributed by atoms with van der Waals surface area (Å²) in [6.07, 6.45) is 5.90. The SMILES string of the molecule is Cc1c(C(=O)N2CC[C@H]3OCc4cnnn4[C@H]3C2)cnn1-c1ccccn1. The zero-order valence-electron chi connectivity index (χ0n) is 14.9. The molecule has 0 saturated carbocycles. The van der Waals surface area contributed by atoms with Crippen molar-refractivity contribution >= 4 is 5.91 Å². The summed E-state index contributed by atoms with van der Waals surface area (Å²) in [5.41, 5.74) is 2.32. The summed E-state index contributed by atoms with van der Waals surface area (Å²) in [5.74, 6) is 0.668. The van der Waals surface area contributed by atoms with Crippen LogP contribution in [0.1, 0.15) is 34.2 Å². The zero-order chi connectivity index (χ0) is 18.4. The number of piperidine rings is 1. The molecule has 2 aliphatic rings. The normalized spacial score (nSPS) is 21.6. The Kier molecular flexibility index (Phi) is 3.75. The summed E-state index contributed by atoms with van der Waals surface area (Å²) in [4.78, 5) is 19.3. The Morgan fingerprint density at radius 3 is 3.07 bits per heavy atom. The van der Waals surface area contributed by atoms with Crippen molar-refractivity contribution < 1.29 is 9.53 Å². The van der Waals surface area contributed by atoms with Crippen LogP contribution >= 0.6 is 0 Å². The molecule has 1 amide bonds. The molecule has 0 radical (unpaired) electrons. The van der Waals surface area contributed by atoms with Gasteiger partial charge in [-0.25, -0.2) is 14.3 Å². The van der Waals surface area contributed by atoms with Crippen molar-refractivity contribution in [3.63, 3.8) is 0 Å². The molecule has 0 aromatic carbocycles. The third-order valence-corrected chi connectivity index (χ3v) is 5.32. The molecule has 1 saturated heterocycles. The number of amides is 1. The van der Waals surface area contributed by atoms with Gasteiger partial charge in [-0.05, 0) is 25.5 Å². The fraction of sp³-hybridized carbons (Fsp3) is 0.389. The minimum atomic E-state index is -0.0274. The fourth-order valence-corrected chi connectivity index (χ4v) is 3.86. The van der Waals surface area contributed by atoms with Gasteiger partial charge in [0.2, 0.25) is 0 Å². The highest BCUT2D eigenvalue weighted by molar-refractivity contribution is 5.95. The molecule has 0 spiro atoms. The lowest BCUT2D eigenvalue weighted by Crippen LogP contribution is -2.50. The summed E-state index contributed by atoms with van der Waals surface area (Å²) in [7, 11) is 0. The second kappa shape index (κ2) is 6.27. The lowest BCUT2D eigenvalue weighted by Gasteiger charge is -2.40. The highest BCUT2D eigenvalue weighted by Gasteiger charge is 2.38. The number of fused-ring (bicyclic) bond motifs is 3. The third kappa shape index (κ3) is 2.62. The number of ether oxygens (including phenoxy) is 1. The molecule has 0 unspecified atom stereocenters. The van der Waals surface area contributed by atoms with E-state index in [1.807, 2.05) is 34.7 Å². The first kappa shape index (κ1) is 16.1. The average molecular weight is 365 g/mol. The highest BCUT2D eigenvalue weighted by atomic mass is 16.5. The molecule has 3 aromatic rings. The summed E-state index contributed by atoms with van der Waals surface area (Å²) < 4.78 is 9.52. The largest absolute Gasteiger partial charge is 0.370 e. The number of nitrogens with zero attached hydrogens (tertiary/aromatic N) is 7. The Bertz CT molecular complexity index is 981. The van der Waals surface area contributed by atoms with Gasteiger partial charge in [0.15, 0.2) is 5.82 Å². The summed E-state index contributed by atoms with van der Waals surface area (Å²) in [5, 5.41) is 12.5. The van der Waals surface area contributed by atoms with Gasteiger partial charge in [-0.2, -0.15) is 5.10 Å². The Morgan fingerprint density at radius 1 is 1.30 bits per heavy atom. The molecule has 2 aliphatic heterocycles. The maximum absolute atomic E-state index is 13.2. The van der Waals surface area contributed by atoms with E-state index in [9.17, 15) is 4.79 Å². The molecule has 5 rings (SSSR count). The van der Waals surface area contributed by atoms with E-state index in [1.54, 1.807) is 23.3 Å². The van der Waals surface area contributed by atoms with E-state index in [1.165, 1.54) is 0 Å². The van der Waals surface area contributed by atoms with Crippen LogP contribution in [0.2, 0.25) is 0 Å². The van der Waals surface area contributed by atoms with Crippen molar-refractivity contribution in [2.45, 2.75) is 32.1 Å². The van der Waals surface area contributed by atoms with Crippen molar-refractivity contribution in [2.24, 2.45) is 0 Å². The van der Waals surface area contributed by atoms with Crippen molar-refractivity contribution in [1.82, 2.24) is 34.7 Å². The second-order valence-corrected chi connectivity index (χ2v) is 6.87. The second-order valence-electron chi connectivity index (χ2n) is 6.87. The predicted octanol–water partition coefficient (Wildman–Crippen LogP) is 1.15. The van der Waals surface area contributed by atoms with Crippen molar-refractivity contribution in [2.75, 3.05) is 13.1 Å². The van der Waals surface area contributed by atoms with Gasteiger partial charge >= 0.3 is 0 Å². The van der Waals surface area contributed by atoms with E-state index in [2.05, 4.69) is 20.4 Å². The van der Waals surface area contributed by atoms with E-state index >= 15 is 0 Å². The first-order chi connectivity index (χ1) is 13.2. The van der Waals surface area contributed by atoms with E-state index in [-0.39, 0.29) is 18.1 Å². The summed E-state index contributed by atoms with van der Waals surface area (Å²) in [6.45, 7) is 3.62. The van der Waals surface area contributed by atoms with Crippen LogP contribution in [0.3, 0.4) is 0 Å². The number of aromatic nitrogens is 6. The fourth-order valence-electron chi connectivity index (χ4n) is 3.86. The Morgan fingerprint density at radius 2 is 2.22 bits per heavy atom. The van der Waals surface area contributed by atoms with Gasteiger partial charge in [0.05, 0.1) is 48.1 Å². The predicted molar refractivity (Wildman–Crippen MR) is 94.3 cm³/mol. The van der Waals surface area contributed by atoms with Crippen LogP contribution in [0, 0.1) is 6.92 Å². The molecule has 2 atom stereocenters. The molecule has 3 aromatic heterocycles. The quantitative estimate of drug-likeness (QED) is 0.677. The van der Waals surface area contributed by atoms with Gasteiger partial charge in [-0.15, -0.1) is 5.10 Å². The van der Waals surface area contributed by atoms with Crippen LogP contribution in [0.25, 0.3) is 5.82 Å². The topological polar surface area (TPSA) is 91.0 Å². The molecular formula is C18H19N7O2. The molecule has 0 N–H and O–H groups in total. The van der Waals surface area contributed by atoms with E-state index < -0.39 is 0 Å². The number of rotatable bonds is 2. The van der Waals surface area contributed by atoms with Crippen molar-refractivity contribution in [3.05, 3.63) is 53.7 Å². The molecule has 9 nitrogen and oxygen atoms in total. The minimum Gasteiger partial charge on any atom is -0.370 e. The summed E-state index contributed by atoms with van der Waals surface area (Å²) >= 11 is 0. The van der Waals surface area contributed by atoms with Crippen LogP contribution in [-0.2, 0) is 11.3 Å². The number of carbonyl (C=O) groups is 1. The Balaban J connectivity index is 1.40. The molecule has 0 bridgehead atoms. The minimum absolute atomic E-state index is 0.0000843. The number of carbonyl (C=O) groups excluding carboxylic acids is 1. The van der Waals surface area contributed by atoms with Crippen LogP contribution in [-0.4, -0.2) is 59.8 Å². The van der Waals surface area contributed by atoms with Crippen LogP contribution < -0.4 is 0 Å². The third-order valence-electron chi connectivity index (χ3n) is 5.32. The number of likely N-dealkylation sites (tertiary alicyclic amines) is 1. The van der Waals surface area contributed by atoms with Crippen LogP contribution in [0.4, 0.5) is 0 Å². The molecule has 1 fully saturated rings. The van der Waals surface area contributed by atoms with E-state index in [0.29, 0.717) is 31.1 Å². The molecular weight excluding hydrogens is 346 g/mol. The monoisotopic (exact) mass is 365 g/mol. The first-order valence-corrected chi connectivity index (χ1v) is 8.98. The molecule has 0 aliphatic carbocycles. The van der Waals surface area contributed by atoms with E-state index in [4.69, 9.17) is 4.74 Å². The first-order valence-electron chi connectivity index (χ1n) is 8.98. The van der Waals surface area contributed by atoms with Gasteiger partial charge < -0.3 is 9.64 Å². The standard InChI is InChI=1S/C18H19N7O2/c1-12-14(9-21-24(12)17-4-2-3-6-19-17)18(26)23-7-5-16-15(10-23)25-13(11-27-16)8-20-22-25/h2-4,6,8-9,15-16H,5,7,10-11H2,1H3/t15-,16+/m0/s1. The lowest BCUT2D eigenvalue weighted by molar-refractivity contribution is -0.0605. The smallest absolute Gasteiger partial charge is 0.257 e. The van der Waals surface area contributed by atoms with Gasteiger partial charge in [-0.3, -0.25) is 4.79 Å². The van der Waals surface area contributed by atoms with Gasteiger partial charge in [0.25, 0.3) is 5.91 Å². The van der Waals surface area contributed by atoms with Crippen molar-refractivity contribution in [1.29, 1.82) is 0 Å².